The predicted octanol–water partition coefficient (Wildman–Crippen LogP) is 2.48. The van der Waals surface area contributed by atoms with Gasteiger partial charge in [-0.1, -0.05) is 6.92 Å². The molecule has 0 atom stereocenters. The van der Waals surface area contributed by atoms with Crippen molar-refractivity contribution in [3.05, 3.63) is 28.9 Å². The zero-order valence-corrected chi connectivity index (χ0v) is 11.6. The molecule has 7 heteroatoms. The van der Waals surface area contributed by atoms with Crippen LogP contribution in [0.5, 0.6) is 0 Å². The number of hydrogen-bond donors (Lipinski definition) is 1. The van der Waals surface area contributed by atoms with E-state index in [0.717, 1.165) is 12.2 Å². The van der Waals surface area contributed by atoms with E-state index in [0.29, 0.717) is 29.9 Å². The van der Waals surface area contributed by atoms with Gasteiger partial charge in [0.05, 0.1) is 19.3 Å². The van der Waals surface area contributed by atoms with Gasteiger partial charge < -0.3 is 14.5 Å². The summed E-state index contributed by atoms with van der Waals surface area (Å²) in [6, 6.07) is 0. The number of aromatic nitrogens is 2. The number of hydrogen-bond acceptors (Lipinski definition) is 7. The van der Waals surface area contributed by atoms with Crippen molar-refractivity contribution in [2.45, 2.75) is 26.8 Å². The van der Waals surface area contributed by atoms with E-state index in [1.54, 1.807) is 18.5 Å². The number of anilines is 1. The maximum Gasteiger partial charge on any atom is 0.357 e. The van der Waals surface area contributed by atoms with E-state index in [2.05, 4.69) is 15.3 Å². The number of thiazole rings is 1. The molecule has 0 saturated heterocycles. The fraction of sp³-hybridized carbons (Fsp3) is 0.417. The predicted molar refractivity (Wildman–Crippen MR) is 71.3 cm³/mol. The Labute approximate surface area is 114 Å². The Kier molecular flexibility index (Phi) is 4.51. The summed E-state index contributed by atoms with van der Waals surface area (Å²) in [5, 5.41) is 5.36. The highest BCUT2D eigenvalue weighted by Gasteiger charge is 2.11. The average Bonchev–Trinajstić information content (AvgIpc) is 3.06. The second kappa shape index (κ2) is 6.33. The Bertz CT molecular complexity index is 550. The zero-order chi connectivity index (χ0) is 13.7. The number of esters is 1. The van der Waals surface area contributed by atoms with Gasteiger partial charge in [-0.15, -0.1) is 11.3 Å². The second-order valence-corrected chi connectivity index (χ2v) is 4.54. The third kappa shape index (κ3) is 3.54. The topological polar surface area (TPSA) is 77.2 Å². The van der Waals surface area contributed by atoms with Gasteiger partial charge in [-0.05, 0) is 6.92 Å². The number of carbonyl (C=O) groups is 1. The quantitative estimate of drug-likeness (QED) is 0.820. The number of nitrogens with zero attached hydrogens (tertiary/aromatic N) is 2. The van der Waals surface area contributed by atoms with Crippen LogP contribution in [0.25, 0.3) is 0 Å². The molecule has 0 aliphatic heterocycles. The van der Waals surface area contributed by atoms with Gasteiger partial charge in [0, 0.05) is 11.8 Å². The van der Waals surface area contributed by atoms with Crippen LogP contribution in [0.3, 0.4) is 0 Å². The van der Waals surface area contributed by atoms with Crippen LogP contribution in [0.4, 0.5) is 5.13 Å². The van der Waals surface area contributed by atoms with Crippen molar-refractivity contribution in [1.82, 2.24) is 9.97 Å². The number of nitrogens with one attached hydrogen (secondary N) is 1. The lowest BCUT2D eigenvalue weighted by molar-refractivity contribution is 0.0520. The Morgan fingerprint density at radius 3 is 3.05 bits per heavy atom. The Morgan fingerprint density at radius 1 is 1.53 bits per heavy atom. The van der Waals surface area contributed by atoms with Gasteiger partial charge in [0.1, 0.15) is 5.76 Å². The van der Waals surface area contributed by atoms with Crippen molar-refractivity contribution in [1.29, 1.82) is 0 Å². The summed E-state index contributed by atoms with van der Waals surface area (Å²) in [5.74, 6) is 1.05. The van der Waals surface area contributed by atoms with Crippen molar-refractivity contribution in [3.8, 4) is 0 Å². The van der Waals surface area contributed by atoms with Crippen molar-refractivity contribution in [2.75, 3.05) is 11.9 Å². The molecule has 0 radical (unpaired) electrons. The van der Waals surface area contributed by atoms with Gasteiger partial charge in [0.2, 0.25) is 5.89 Å². The van der Waals surface area contributed by atoms with E-state index in [4.69, 9.17) is 9.15 Å². The largest absolute Gasteiger partial charge is 0.461 e. The van der Waals surface area contributed by atoms with Gasteiger partial charge in [0.15, 0.2) is 10.8 Å². The third-order valence-corrected chi connectivity index (χ3v) is 3.13. The normalized spacial score (nSPS) is 10.4. The highest BCUT2D eigenvalue weighted by molar-refractivity contribution is 7.13. The Balaban J connectivity index is 1.91. The summed E-state index contributed by atoms with van der Waals surface area (Å²) in [7, 11) is 0. The van der Waals surface area contributed by atoms with E-state index in [1.807, 2.05) is 6.92 Å². The van der Waals surface area contributed by atoms with Crippen molar-refractivity contribution in [2.24, 2.45) is 0 Å². The maximum absolute atomic E-state index is 11.4. The molecule has 0 saturated carbocycles. The monoisotopic (exact) mass is 281 g/mol. The minimum atomic E-state index is -0.406. The third-order valence-electron chi connectivity index (χ3n) is 2.33. The van der Waals surface area contributed by atoms with E-state index in [9.17, 15) is 4.79 Å². The minimum absolute atomic E-state index is 0.316. The van der Waals surface area contributed by atoms with Gasteiger partial charge >= 0.3 is 5.97 Å². The fourth-order valence-electron chi connectivity index (χ4n) is 1.40. The molecule has 2 aromatic rings. The first-order valence-electron chi connectivity index (χ1n) is 6.03. The first kappa shape index (κ1) is 13.5. The number of ether oxygens (including phenoxy) is 1. The van der Waals surface area contributed by atoms with Crippen LogP contribution >= 0.6 is 11.3 Å². The molecular weight excluding hydrogens is 266 g/mol. The fourth-order valence-corrected chi connectivity index (χ4v) is 2.08. The first-order valence-corrected chi connectivity index (χ1v) is 6.91. The van der Waals surface area contributed by atoms with Crippen LogP contribution in [0.15, 0.2) is 16.0 Å². The molecule has 0 aliphatic rings. The van der Waals surface area contributed by atoms with E-state index in [1.165, 1.54) is 11.3 Å². The van der Waals surface area contributed by atoms with Crippen LogP contribution in [0.1, 0.15) is 36.0 Å². The molecule has 2 rings (SSSR count). The van der Waals surface area contributed by atoms with E-state index < -0.39 is 5.97 Å². The van der Waals surface area contributed by atoms with Gasteiger partial charge in [-0.25, -0.2) is 14.8 Å². The lowest BCUT2D eigenvalue weighted by Crippen LogP contribution is -2.05. The Morgan fingerprint density at radius 2 is 2.37 bits per heavy atom. The molecule has 0 fully saturated rings. The molecule has 0 aromatic carbocycles. The summed E-state index contributed by atoms with van der Waals surface area (Å²) >= 11 is 1.34. The van der Waals surface area contributed by atoms with Crippen LogP contribution in [-0.4, -0.2) is 22.5 Å². The lowest BCUT2D eigenvalue weighted by atomic mass is 10.4. The van der Waals surface area contributed by atoms with Gasteiger partial charge in [-0.2, -0.15) is 0 Å². The van der Waals surface area contributed by atoms with Crippen LogP contribution < -0.4 is 5.32 Å². The van der Waals surface area contributed by atoms with E-state index in [-0.39, 0.29) is 0 Å². The van der Waals surface area contributed by atoms with Crippen molar-refractivity contribution >= 4 is 22.4 Å². The van der Waals surface area contributed by atoms with Crippen LogP contribution in [-0.2, 0) is 17.7 Å². The Hall–Kier alpha value is -1.89. The molecule has 0 aliphatic carbocycles. The average molecular weight is 281 g/mol. The van der Waals surface area contributed by atoms with Crippen LogP contribution in [0.2, 0.25) is 0 Å². The highest BCUT2D eigenvalue weighted by atomic mass is 32.1. The number of aryl methyl sites for hydroxylation is 1. The first-order chi connectivity index (χ1) is 9.22. The van der Waals surface area contributed by atoms with Crippen molar-refractivity contribution < 1.29 is 13.9 Å². The summed E-state index contributed by atoms with van der Waals surface area (Å²) in [5.41, 5.74) is 0.316. The summed E-state index contributed by atoms with van der Waals surface area (Å²) in [6.45, 7) is 4.55. The molecule has 0 amide bonds. The molecule has 0 spiro atoms. The molecule has 6 nitrogen and oxygen atoms in total. The zero-order valence-electron chi connectivity index (χ0n) is 10.8. The summed E-state index contributed by atoms with van der Waals surface area (Å²) in [6.07, 6.45) is 2.53. The highest BCUT2D eigenvalue weighted by Crippen LogP contribution is 2.17. The lowest BCUT2D eigenvalue weighted by Gasteiger charge is -1.98. The molecule has 2 aromatic heterocycles. The molecule has 19 heavy (non-hydrogen) atoms. The minimum Gasteiger partial charge on any atom is -0.461 e. The molecule has 1 N–H and O–H groups in total. The summed E-state index contributed by atoms with van der Waals surface area (Å²) in [4.78, 5) is 19.7. The molecule has 0 bridgehead atoms. The number of oxazole rings is 1. The van der Waals surface area contributed by atoms with Gasteiger partial charge in [-0.3, -0.25) is 0 Å². The molecule has 0 unspecified atom stereocenters. The van der Waals surface area contributed by atoms with Crippen molar-refractivity contribution in [3.63, 3.8) is 0 Å². The molecular formula is C12H15N3O3S. The smallest absolute Gasteiger partial charge is 0.357 e. The van der Waals surface area contributed by atoms with E-state index >= 15 is 0 Å². The standard InChI is InChI=1S/C12H15N3O3S/c1-3-8-5-13-10(18-8)6-14-12-15-9(7-19-12)11(16)17-4-2/h5,7H,3-4,6H2,1-2H3,(H,14,15). The SMILES string of the molecule is CCOC(=O)c1csc(NCc2ncc(CC)o2)n1. The van der Waals surface area contributed by atoms with Crippen LogP contribution in [0, 0.1) is 0 Å². The number of rotatable bonds is 6. The molecule has 102 valence electrons. The second-order valence-electron chi connectivity index (χ2n) is 3.69. The molecule has 2 heterocycles. The van der Waals surface area contributed by atoms with Gasteiger partial charge in [0.25, 0.3) is 0 Å². The number of carbonyl (C=O) groups excluding carboxylic acids is 1. The maximum atomic E-state index is 11.4. The summed E-state index contributed by atoms with van der Waals surface area (Å²) < 4.78 is 10.3.